The Morgan fingerprint density at radius 2 is 2.12 bits per heavy atom. The van der Waals surface area contributed by atoms with Crippen molar-refractivity contribution in [3.8, 4) is 0 Å². The molecular formula is C12H21N3O. The van der Waals surface area contributed by atoms with E-state index in [9.17, 15) is 0 Å². The van der Waals surface area contributed by atoms with Crippen LogP contribution in [0.15, 0.2) is 12.4 Å². The second-order valence-corrected chi connectivity index (χ2v) is 3.77. The molecule has 0 bridgehead atoms. The highest BCUT2D eigenvalue weighted by Crippen LogP contribution is 2.12. The molecule has 1 N–H and O–H groups in total. The Balaban J connectivity index is 2.71. The van der Waals surface area contributed by atoms with Crippen LogP contribution in [-0.2, 0) is 6.42 Å². The summed E-state index contributed by atoms with van der Waals surface area (Å²) in [6.45, 7) is 6.21. The van der Waals surface area contributed by atoms with E-state index >= 15 is 0 Å². The first kappa shape index (κ1) is 12.9. The lowest BCUT2D eigenvalue weighted by atomic mass is 10.2. The minimum absolute atomic E-state index is 0.226. The number of aromatic nitrogens is 2. The Bertz CT molecular complexity index is 304. The van der Waals surface area contributed by atoms with Gasteiger partial charge in [0.2, 0.25) is 0 Å². The maximum atomic E-state index is 8.84. The second kappa shape index (κ2) is 7.17. The molecule has 0 aliphatic heterocycles. The molecule has 16 heavy (non-hydrogen) atoms. The van der Waals surface area contributed by atoms with Gasteiger partial charge in [-0.1, -0.05) is 13.3 Å². The zero-order valence-corrected chi connectivity index (χ0v) is 10.2. The molecule has 4 heteroatoms. The number of hydrogen-bond donors (Lipinski definition) is 1. The van der Waals surface area contributed by atoms with Crippen LogP contribution in [0.25, 0.3) is 0 Å². The monoisotopic (exact) mass is 223 g/mol. The van der Waals surface area contributed by atoms with Crippen LogP contribution in [0.2, 0.25) is 0 Å². The molecule has 1 rings (SSSR count). The molecule has 0 amide bonds. The van der Waals surface area contributed by atoms with Crippen LogP contribution >= 0.6 is 0 Å². The largest absolute Gasteiger partial charge is 0.396 e. The Morgan fingerprint density at radius 3 is 2.75 bits per heavy atom. The van der Waals surface area contributed by atoms with Gasteiger partial charge in [-0.3, -0.25) is 0 Å². The summed E-state index contributed by atoms with van der Waals surface area (Å²) in [6.07, 6.45) is 4.50. The summed E-state index contributed by atoms with van der Waals surface area (Å²) in [5.74, 6) is 0.967. The quantitative estimate of drug-likeness (QED) is 0.763. The average Bonchev–Trinajstić information content (AvgIpc) is 2.31. The van der Waals surface area contributed by atoms with E-state index in [0.717, 1.165) is 43.9 Å². The van der Waals surface area contributed by atoms with Crippen LogP contribution in [0.3, 0.4) is 0 Å². The highest BCUT2D eigenvalue weighted by Gasteiger charge is 2.06. The van der Waals surface area contributed by atoms with Crippen molar-refractivity contribution in [2.75, 3.05) is 24.6 Å². The third-order valence-electron chi connectivity index (χ3n) is 2.51. The summed E-state index contributed by atoms with van der Waals surface area (Å²) >= 11 is 0. The Hall–Kier alpha value is -1.16. The number of rotatable bonds is 7. The van der Waals surface area contributed by atoms with Crippen LogP contribution < -0.4 is 4.90 Å². The van der Waals surface area contributed by atoms with Crippen molar-refractivity contribution in [2.45, 2.75) is 33.1 Å². The number of aliphatic hydroxyl groups is 1. The molecule has 0 atom stereocenters. The van der Waals surface area contributed by atoms with Crippen molar-refractivity contribution in [3.05, 3.63) is 18.1 Å². The topological polar surface area (TPSA) is 49.2 Å². The minimum atomic E-state index is 0.226. The zero-order valence-electron chi connectivity index (χ0n) is 10.2. The molecule has 1 aromatic heterocycles. The lowest BCUT2D eigenvalue weighted by Crippen LogP contribution is -2.25. The normalized spacial score (nSPS) is 10.4. The number of hydrogen-bond acceptors (Lipinski definition) is 4. The summed E-state index contributed by atoms with van der Waals surface area (Å²) in [6, 6.07) is 2.05. The molecular weight excluding hydrogens is 202 g/mol. The lowest BCUT2D eigenvalue weighted by molar-refractivity contribution is 0.289. The fourth-order valence-electron chi connectivity index (χ4n) is 1.65. The predicted molar refractivity (Wildman–Crippen MR) is 65.6 cm³/mol. The van der Waals surface area contributed by atoms with Crippen molar-refractivity contribution in [3.63, 3.8) is 0 Å². The first-order chi connectivity index (χ1) is 7.81. The van der Waals surface area contributed by atoms with Gasteiger partial charge < -0.3 is 10.0 Å². The van der Waals surface area contributed by atoms with Gasteiger partial charge in [-0.25, -0.2) is 9.97 Å². The molecule has 0 aliphatic rings. The van der Waals surface area contributed by atoms with Gasteiger partial charge in [0.1, 0.15) is 12.1 Å². The molecule has 0 radical (unpaired) electrons. The lowest BCUT2D eigenvalue weighted by Gasteiger charge is -2.21. The van der Waals surface area contributed by atoms with Crippen molar-refractivity contribution >= 4 is 5.82 Å². The molecule has 0 spiro atoms. The van der Waals surface area contributed by atoms with Crippen molar-refractivity contribution < 1.29 is 5.11 Å². The van der Waals surface area contributed by atoms with Crippen molar-refractivity contribution in [1.82, 2.24) is 9.97 Å². The first-order valence-corrected chi connectivity index (χ1v) is 5.98. The Labute approximate surface area is 97.3 Å². The van der Waals surface area contributed by atoms with Crippen LogP contribution in [-0.4, -0.2) is 34.8 Å². The summed E-state index contributed by atoms with van der Waals surface area (Å²) in [5, 5.41) is 8.84. The maximum absolute atomic E-state index is 8.84. The summed E-state index contributed by atoms with van der Waals surface area (Å²) in [7, 11) is 0. The number of aliphatic hydroxyl groups excluding tert-OH is 1. The smallest absolute Gasteiger partial charge is 0.132 e. The number of nitrogens with zero attached hydrogens (tertiary/aromatic N) is 3. The van der Waals surface area contributed by atoms with E-state index < -0.39 is 0 Å². The predicted octanol–water partition coefficient (Wildman–Crippen LogP) is 1.64. The van der Waals surface area contributed by atoms with Crippen LogP contribution in [0.4, 0.5) is 5.82 Å². The highest BCUT2D eigenvalue weighted by molar-refractivity contribution is 5.38. The Kier molecular flexibility index (Phi) is 5.78. The van der Waals surface area contributed by atoms with E-state index in [4.69, 9.17) is 5.11 Å². The SMILES string of the molecule is CCCc1cc(N(CC)CCCO)ncn1. The summed E-state index contributed by atoms with van der Waals surface area (Å²) in [4.78, 5) is 10.7. The third-order valence-corrected chi connectivity index (χ3v) is 2.51. The molecule has 0 saturated heterocycles. The fourth-order valence-corrected chi connectivity index (χ4v) is 1.65. The number of aryl methyl sites for hydroxylation is 1. The molecule has 4 nitrogen and oxygen atoms in total. The second-order valence-electron chi connectivity index (χ2n) is 3.77. The van der Waals surface area contributed by atoms with E-state index in [1.54, 1.807) is 6.33 Å². The molecule has 0 aromatic carbocycles. The molecule has 0 fully saturated rings. The van der Waals surface area contributed by atoms with Crippen molar-refractivity contribution in [2.24, 2.45) is 0 Å². The molecule has 0 saturated carbocycles. The van der Waals surface area contributed by atoms with Gasteiger partial charge in [0.15, 0.2) is 0 Å². The van der Waals surface area contributed by atoms with Crippen LogP contribution in [0, 0.1) is 0 Å². The number of anilines is 1. The molecule has 0 unspecified atom stereocenters. The van der Waals surface area contributed by atoms with Gasteiger partial charge in [0.05, 0.1) is 0 Å². The maximum Gasteiger partial charge on any atom is 0.132 e. The standard InChI is InChI=1S/C12H21N3O/c1-3-6-11-9-12(14-10-13-11)15(4-2)7-5-8-16/h9-10,16H,3-8H2,1-2H3. The van der Waals surface area contributed by atoms with E-state index in [1.807, 2.05) is 6.07 Å². The van der Waals surface area contributed by atoms with Gasteiger partial charge in [-0.15, -0.1) is 0 Å². The Morgan fingerprint density at radius 1 is 1.31 bits per heavy atom. The molecule has 1 aromatic rings. The molecule has 0 aliphatic carbocycles. The summed E-state index contributed by atoms with van der Waals surface area (Å²) in [5.41, 5.74) is 1.09. The van der Waals surface area contributed by atoms with E-state index in [1.165, 1.54) is 0 Å². The minimum Gasteiger partial charge on any atom is -0.396 e. The van der Waals surface area contributed by atoms with E-state index in [2.05, 4.69) is 28.7 Å². The highest BCUT2D eigenvalue weighted by atomic mass is 16.3. The van der Waals surface area contributed by atoms with E-state index in [-0.39, 0.29) is 6.61 Å². The average molecular weight is 223 g/mol. The first-order valence-electron chi connectivity index (χ1n) is 5.98. The third kappa shape index (κ3) is 3.77. The van der Waals surface area contributed by atoms with Gasteiger partial charge in [0, 0.05) is 31.5 Å². The van der Waals surface area contributed by atoms with Gasteiger partial charge in [0.25, 0.3) is 0 Å². The molecule has 1 heterocycles. The van der Waals surface area contributed by atoms with E-state index in [0.29, 0.717) is 0 Å². The van der Waals surface area contributed by atoms with Crippen molar-refractivity contribution in [1.29, 1.82) is 0 Å². The van der Waals surface area contributed by atoms with Crippen LogP contribution in [0.1, 0.15) is 32.4 Å². The van der Waals surface area contributed by atoms with Gasteiger partial charge >= 0.3 is 0 Å². The fraction of sp³-hybridized carbons (Fsp3) is 0.667. The zero-order chi connectivity index (χ0) is 11.8. The molecule has 90 valence electrons. The van der Waals surface area contributed by atoms with Crippen LogP contribution in [0.5, 0.6) is 0 Å². The van der Waals surface area contributed by atoms with Gasteiger partial charge in [-0.2, -0.15) is 0 Å². The summed E-state index contributed by atoms with van der Waals surface area (Å²) < 4.78 is 0. The van der Waals surface area contributed by atoms with Gasteiger partial charge in [-0.05, 0) is 19.8 Å².